The summed E-state index contributed by atoms with van der Waals surface area (Å²) < 4.78 is 12.2. The molecular weight excluding hydrogens is 358 g/mol. The van der Waals surface area contributed by atoms with Gasteiger partial charge in [0.05, 0.1) is 17.0 Å². The smallest absolute Gasteiger partial charge is 0.274 e. The molecule has 4 heterocycles. The minimum atomic E-state index is -0.234. The number of hydrogen-bond acceptors (Lipinski definition) is 6. The van der Waals surface area contributed by atoms with Gasteiger partial charge < -0.3 is 19.8 Å². The van der Waals surface area contributed by atoms with Crippen LogP contribution in [-0.2, 0) is 0 Å². The fourth-order valence-corrected chi connectivity index (χ4v) is 3.31. The summed E-state index contributed by atoms with van der Waals surface area (Å²) in [5.41, 5.74) is 3.31. The largest absolute Gasteiger partial charge is 0.454 e. The first-order valence-corrected chi connectivity index (χ1v) is 8.96. The number of nitrogens with one attached hydrogen (secondary N) is 2. The summed E-state index contributed by atoms with van der Waals surface area (Å²) in [4.78, 5) is 20.6. The van der Waals surface area contributed by atoms with Gasteiger partial charge in [-0.2, -0.15) is 4.52 Å². The van der Waals surface area contributed by atoms with Gasteiger partial charge in [-0.3, -0.25) is 9.78 Å². The molecule has 0 unspecified atom stereocenters. The molecule has 0 bridgehead atoms. The number of anilines is 1. The second-order valence-electron chi connectivity index (χ2n) is 6.32. The molecule has 2 N–H and O–H groups in total. The molecule has 0 radical (unpaired) electrons. The second-order valence-corrected chi connectivity index (χ2v) is 6.32. The summed E-state index contributed by atoms with van der Waals surface area (Å²) in [5.74, 6) is 1.96. The normalized spacial score (nSPS) is 12.5. The van der Waals surface area contributed by atoms with E-state index >= 15 is 0 Å². The van der Waals surface area contributed by atoms with E-state index in [9.17, 15) is 4.79 Å². The van der Waals surface area contributed by atoms with E-state index in [4.69, 9.17) is 9.47 Å². The Hall–Kier alpha value is -3.81. The molecule has 1 aliphatic heterocycles. The number of aromatic amines is 1. The molecule has 0 atom stereocenters. The highest BCUT2D eigenvalue weighted by molar-refractivity contribution is 5.86. The van der Waals surface area contributed by atoms with E-state index in [1.165, 1.54) is 10.6 Å². The van der Waals surface area contributed by atoms with Gasteiger partial charge in [0.2, 0.25) is 6.79 Å². The molecule has 1 aliphatic rings. The Morgan fingerprint density at radius 3 is 2.89 bits per heavy atom. The van der Waals surface area contributed by atoms with Crippen LogP contribution in [0.2, 0.25) is 0 Å². The van der Waals surface area contributed by atoms with Crippen molar-refractivity contribution in [2.45, 2.75) is 6.92 Å². The number of hydrogen-bond donors (Lipinski definition) is 2. The first kappa shape index (κ1) is 16.4. The lowest BCUT2D eigenvalue weighted by atomic mass is 10.1. The first-order chi connectivity index (χ1) is 13.7. The lowest BCUT2D eigenvalue weighted by Gasteiger charge is -2.06. The number of pyridine rings is 1. The number of benzene rings is 1. The summed E-state index contributed by atoms with van der Waals surface area (Å²) in [6.07, 6.45) is 1.72. The van der Waals surface area contributed by atoms with Gasteiger partial charge in [-0.1, -0.05) is 6.07 Å². The number of ether oxygens (including phenoxy) is 2. The van der Waals surface area contributed by atoms with Crippen LogP contribution in [-0.4, -0.2) is 32.9 Å². The first-order valence-electron chi connectivity index (χ1n) is 8.96. The third-order valence-corrected chi connectivity index (χ3v) is 4.56. The quantitative estimate of drug-likeness (QED) is 0.570. The average Bonchev–Trinajstić information content (AvgIpc) is 3.33. The Balaban J connectivity index is 1.74. The predicted octanol–water partition coefficient (Wildman–Crippen LogP) is 2.91. The van der Waals surface area contributed by atoms with Crippen molar-refractivity contribution in [2.24, 2.45) is 0 Å². The SMILES string of the molecule is CCNc1nn2c(=O)cc(-c3ccc4c(c3)OCO4)[nH]c2c1-c1ccccn1. The molecule has 0 saturated carbocycles. The monoisotopic (exact) mass is 375 g/mol. The molecule has 0 saturated heterocycles. The lowest BCUT2D eigenvalue weighted by molar-refractivity contribution is 0.174. The molecule has 0 fully saturated rings. The second kappa shape index (κ2) is 6.41. The standard InChI is InChI=1S/C20H17N5O3/c1-2-21-19-18(13-5-3-4-8-22-13)20-23-14(10-17(26)25(20)24-19)12-6-7-15-16(9-12)28-11-27-15/h3-10,23H,2,11H2,1H3,(H,21,24). The zero-order valence-electron chi connectivity index (χ0n) is 15.1. The third-order valence-electron chi connectivity index (χ3n) is 4.56. The summed E-state index contributed by atoms with van der Waals surface area (Å²) in [7, 11) is 0. The van der Waals surface area contributed by atoms with Crippen LogP contribution >= 0.6 is 0 Å². The van der Waals surface area contributed by atoms with Crippen molar-refractivity contribution in [1.29, 1.82) is 0 Å². The Bertz CT molecular complexity index is 1230. The van der Waals surface area contributed by atoms with Gasteiger partial charge >= 0.3 is 0 Å². The summed E-state index contributed by atoms with van der Waals surface area (Å²) in [6.45, 7) is 2.85. The average molecular weight is 375 g/mol. The van der Waals surface area contributed by atoms with E-state index in [2.05, 4.69) is 20.4 Å². The Labute approximate surface area is 159 Å². The van der Waals surface area contributed by atoms with E-state index in [-0.39, 0.29) is 12.4 Å². The highest BCUT2D eigenvalue weighted by Gasteiger charge is 2.19. The van der Waals surface area contributed by atoms with Crippen molar-refractivity contribution in [1.82, 2.24) is 19.6 Å². The molecule has 5 rings (SSSR count). The zero-order valence-corrected chi connectivity index (χ0v) is 15.1. The van der Waals surface area contributed by atoms with Gasteiger partial charge in [0.1, 0.15) is 5.65 Å². The maximum Gasteiger partial charge on any atom is 0.274 e. The molecule has 1 aromatic carbocycles. The van der Waals surface area contributed by atoms with E-state index in [0.717, 1.165) is 16.8 Å². The van der Waals surface area contributed by atoms with E-state index in [0.29, 0.717) is 35.2 Å². The third kappa shape index (κ3) is 2.58. The fourth-order valence-electron chi connectivity index (χ4n) is 3.31. The van der Waals surface area contributed by atoms with E-state index in [1.54, 1.807) is 6.20 Å². The molecule has 140 valence electrons. The molecule has 0 aliphatic carbocycles. The Morgan fingerprint density at radius 2 is 2.07 bits per heavy atom. The van der Waals surface area contributed by atoms with Crippen LogP contribution in [0.5, 0.6) is 11.5 Å². The number of H-pyrrole nitrogens is 1. The van der Waals surface area contributed by atoms with Gasteiger partial charge in [-0.05, 0) is 37.3 Å². The molecule has 3 aromatic heterocycles. The zero-order chi connectivity index (χ0) is 19.1. The van der Waals surface area contributed by atoms with Crippen LogP contribution in [0, 0.1) is 0 Å². The van der Waals surface area contributed by atoms with Crippen LogP contribution in [0.4, 0.5) is 5.82 Å². The van der Waals surface area contributed by atoms with Crippen molar-refractivity contribution in [2.75, 3.05) is 18.7 Å². The van der Waals surface area contributed by atoms with Gasteiger partial charge in [0.15, 0.2) is 17.3 Å². The molecule has 4 aromatic rings. The van der Waals surface area contributed by atoms with Crippen LogP contribution in [0.25, 0.3) is 28.2 Å². The van der Waals surface area contributed by atoms with Crippen molar-refractivity contribution in [3.8, 4) is 34.0 Å². The molecular formula is C20H17N5O3. The van der Waals surface area contributed by atoms with Crippen LogP contribution in [0.1, 0.15) is 6.92 Å². The summed E-state index contributed by atoms with van der Waals surface area (Å²) in [5, 5.41) is 7.67. The Kier molecular flexibility index (Phi) is 3.75. The molecule has 8 heteroatoms. The molecule has 8 nitrogen and oxygen atoms in total. The predicted molar refractivity (Wildman–Crippen MR) is 105 cm³/mol. The van der Waals surface area contributed by atoms with Gasteiger partial charge in [0.25, 0.3) is 5.56 Å². The van der Waals surface area contributed by atoms with Crippen LogP contribution < -0.4 is 20.3 Å². The fraction of sp³-hybridized carbons (Fsp3) is 0.150. The maximum atomic E-state index is 12.8. The number of rotatable bonds is 4. The topological polar surface area (TPSA) is 93.5 Å². The summed E-state index contributed by atoms with van der Waals surface area (Å²) in [6, 6.07) is 12.7. The maximum absolute atomic E-state index is 12.8. The lowest BCUT2D eigenvalue weighted by Crippen LogP contribution is -2.14. The highest BCUT2D eigenvalue weighted by atomic mass is 16.7. The highest BCUT2D eigenvalue weighted by Crippen LogP contribution is 2.36. The molecule has 0 amide bonds. The number of nitrogens with zero attached hydrogens (tertiary/aromatic N) is 3. The van der Waals surface area contributed by atoms with Crippen molar-refractivity contribution < 1.29 is 9.47 Å². The van der Waals surface area contributed by atoms with Gasteiger partial charge in [-0.15, -0.1) is 5.10 Å². The van der Waals surface area contributed by atoms with Crippen LogP contribution in [0.3, 0.4) is 0 Å². The van der Waals surface area contributed by atoms with Gasteiger partial charge in [0, 0.05) is 24.4 Å². The molecule has 28 heavy (non-hydrogen) atoms. The number of aromatic nitrogens is 4. The Morgan fingerprint density at radius 1 is 1.18 bits per heavy atom. The minimum Gasteiger partial charge on any atom is -0.454 e. The minimum absolute atomic E-state index is 0.201. The van der Waals surface area contributed by atoms with Crippen LogP contribution in [0.15, 0.2) is 53.5 Å². The van der Waals surface area contributed by atoms with E-state index < -0.39 is 0 Å². The summed E-state index contributed by atoms with van der Waals surface area (Å²) >= 11 is 0. The number of fused-ring (bicyclic) bond motifs is 2. The van der Waals surface area contributed by atoms with Crippen molar-refractivity contribution in [3.05, 3.63) is 59.0 Å². The van der Waals surface area contributed by atoms with E-state index in [1.807, 2.05) is 43.3 Å². The molecule has 0 spiro atoms. The van der Waals surface area contributed by atoms with Crippen molar-refractivity contribution in [3.63, 3.8) is 0 Å². The van der Waals surface area contributed by atoms with Crippen molar-refractivity contribution >= 4 is 11.5 Å². The van der Waals surface area contributed by atoms with Gasteiger partial charge in [-0.25, -0.2) is 0 Å².